The Kier molecular flexibility index (Phi) is 3.23. The molecule has 0 amide bonds. The molecular formula is C2H5O3P. The lowest BCUT2D eigenvalue weighted by molar-refractivity contribution is -0.168. The fourth-order valence-corrected chi connectivity index (χ4v) is 0.316. The number of ether oxygens (including phenoxy) is 1. The van der Waals surface area contributed by atoms with Crippen molar-refractivity contribution in [3.8, 4) is 0 Å². The van der Waals surface area contributed by atoms with E-state index in [0.29, 0.717) is 0 Å². The molecule has 1 atom stereocenters. The van der Waals surface area contributed by atoms with Crippen LogP contribution >= 0.6 is 8.03 Å². The van der Waals surface area contributed by atoms with Gasteiger partial charge in [-0.25, -0.2) is 0 Å². The first kappa shape index (κ1) is 6.02. The molecule has 0 N–H and O–H groups in total. The number of rotatable bonds is 2. The molecule has 0 bridgehead atoms. The number of hydrogen-bond acceptors (Lipinski definition) is 3. The van der Waals surface area contributed by atoms with Gasteiger partial charge in [0.15, 0.2) is 0 Å². The molecule has 0 saturated heterocycles. The quantitative estimate of drug-likeness (QED) is 0.456. The Morgan fingerprint density at radius 3 is 2.50 bits per heavy atom. The van der Waals surface area contributed by atoms with Gasteiger partial charge in [0.25, 0.3) is 0 Å². The molecule has 0 saturated carbocycles. The lowest BCUT2D eigenvalue weighted by atomic mass is 11.5. The van der Waals surface area contributed by atoms with Crippen molar-refractivity contribution in [3.63, 3.8) is 0 Å². The lowest BCUT2D eigenvalue weighted by Gasteiger charge is -1.81. The first-order chi connectivity index (χ1) is 2.77. The minimum Gasteiger partial charge on any atom is -0.594 e. The normalized spacial score (nSPS) is 11.3. The standard InChI is InChI=1S/C2H5O3P/c1-5-2-6(3)4/h2H2,1H3. The van der Waals surface area contributed by atoms with Gasteiger partial charge in [0, 0.05) is 7.11 Å². The molecule has 0 fully saturated rings. The van der Waals surface area contributed by atoms with Gasteiger partial charge in [-0.2, -0.15) is 0 Å². The molecule has 0 rings (SSSR count). The molecule has 0 spiro atoms. The van der Waals surface area contributed by atoms with E-state index < -0.39 is 8.03 Å². The molecule has 0 aromatic rings. The zero-order chi connectivity index (χ0) is 4.99. The van der Waals surface area contributed by atoms with E-state index in [-0.39, 0.29) is 6.35 Å². The molecule has 0 aliphatic heterocycles. The zero-order valence-electron chi connectivity index (χ0n) is 3.38. The van der Waals surface area contributed by atoms with Gasteiger partial charge in [-0.05, 0) is 0 Å². The van der Waals surface area contributed by atoms with Crippen LogP contribution in [0.5, 0.6) is 0 Å². The van der Waals surface area contributed by atoms with Crippen molar-refractivity contribution in [2.45, 2.75) is 0 Å². The predicted molar refractivity (Wildman–Crippen MR) is 19.5 cm³/mol. The maximum Gasteiger partial charge on any atom is 0.337 e. The van der Waals surface area contributed by atoms with Crippen molar-refractivity contribution in [1.29, 1.82) is 0 Å². The number of hydrogen-bond donors (Lipinski definition) is 0. The zero-order valence-corrected chi connectivity index (χ0v) is 4.27. The first-order valence-electron chi connectivity index (χ1n) is 1.38. The maximum absolute atomic E-state index is 9.51. The Morgan fingerprint density at radius 2 is 2.50 bits per heavy atom. The van der Waals surface area contributed by atoms with Crippen LogP contribution < -0.4 is 4.89 Å². The topological polar surface area (TPSA) is 49.4 Å². The highest BCUT2D eigenvalue weighted by molar-refractivity contribution is 7.36. The second-order valence-corrected chi connectivity index (χ2v) is 1.67. The highest BCUT2D eigenvalue weighted by Gasteiger charge is 1.91. The smallest absolute Gasteiger partial charge is 0.337 e. The van der Waals surface area contributed by atoms with Crippen LogP contribution in [0.2, 0.25) is 0 Å². The monoisotopic (exact) mass is 108 g/mol. The minimum atomic E-state index is -2.32. The van der Waals surface area contributed by atoms with E-state index >= 15 is 0 Å². The molecule has 6 heavy (non-hydrogen) atoms. The summed E-state index contributed by atoms with van der Waals surface area (Å²) in [4.78, 5) is 9.51. The van der Waals surface area contributed by atoms with E-state index in [1.165, 1.54) is 7.11 Å². The van der Waals surface area contributed by atoms with Crippen LogP contribution in [0.3, 0.4) is 0 Å². The molecule has 3 nitrogen and oxygen atoms in total. The van der Waals surface area contributed by atoms with Crippen LogP contribution in [-0.2, 0) is 9.30 Å². The van der Waals surface area contributed by atoms with Crippen LogP contribution in [0.15, 0.2) is 0 Å². The van der Waals surface area contributed by atoms with Crippen molar-refractivity contribution in [1.82, 2.24) is 0 Å². The average molecular weight is 108 g/mol. The second-order valence-electron chi connectivity index (χ2n) is 0.751. The third kappa shape index (κ3) is 4.02. The highest BCUT2D eigenvalue weighted by Crippen LogP contribution is 2.03. The van der Waals surface area contributed by atoms with Crippen LogP contribution in [0.4, 0.5) is 0 Å². The Labute approximate surface area is 36.8 Å². The first-order valence-corrected chi connectivity index (χ1v) is 2.74. The summed E-state index contributed by atoms with van der Waals surface area (Å²) >= 11 is 0. The lowest BCUT2D eigenvalue weighted by Crippen LogP contribution is -1.91. The number of methoxy groups -OCH3 is 1. The summed E-state index contributed by atoms with van der Waals surface area (Å²) in [6.45, 7) is 0. The van der Waals surface area contributed by atoms with Gasteiger partial charge in [0.1, 0.15) is 0 Å². The Hall–Kier alpha value is 0.0200. The van der Waals surface area contributed by atoms with Gasteiger partial charge >= 0.3 is 8.03 Å². The van der Waals surface area contributed by atoms with Crippen LogP contribution in [0.1, 0.15) is 0 Å². The molecule has 36 valence electrons. The summed E-state index contributed by atoms with van der Waals surface area (Å²) in [6.07, 6.45) is -0.171. The van der Waals surface area contributed by atoms with Crippen LogP contribution in [-0.4, -0.2) is 13.5 Å². The van der Waals surface area contributed by atoms with Gasteiger partial charge in [0.2, 0.25) is 6.35 Å². The second kappa shape index (κ2) is 3.22. The van der Waals surface area contributed by atoms with Crippen molar-refractivity contribution in [3.05, 3.63) is 0 Å². The van der Waals surface area contributed by atoms with E-state index in [2.05, 4.69) is 4.74 Å². The van der Waals surface area contributed by atoms with Gasteiger partial charge in [-0.15, -0.1) is 0 Å². The molecule has 0 aliphatic rings. The largest absolute Gasteiger partial charge is 0.594 e. The summed E-state index contributed by atoms with van der Waals surface area (Å²) in [5.41, 5.74) is 0. The Balaban J connectivity index is 2.83. The molecule has 4 heteroatoms. The van der Waals surface area contributed by atoms with Crippen molar-refractivity contribution in [2.75, 3.05) is 13.5 Å². The predicted octanol–water partition coefficient (Wildman–Crippen LogP) is -0.307. The van der Waals surface area contributed by atoms with Crippen LogP contribution in [0, 0.1) is 0 Å². The summed E-state index contributed by atoms with van der Waals surface area (Å²) < 4.78 is 13.7. The SMILES string of the molecule is COC[P+](=O)[O-]. The Bertz CT molecular complexity index is 52.8. The molecular weight excluding hydrogens is 103 g/mol. The van der Waals surface area contributed by atoms with Crippen LogP contribution in [0.25, 0.3) is 0 Å². The van der Waals surface area contributed by atoms with Gasteiger partial charge in [-0.1, -0.05) is 4.57 Å². The fraction of sp³-hybridized carbons (Fsp3) is 1.00. The maximum atomic E-state index is 9.51. The average Bonchev–Trinajstić information content (AvgIpc) is 1.35. The van der Waals surface area contributed by atoms with Gasteiger partial charge in [0.05, 0.1) is 0 Å². The summed E-state index contributed by atoms with van der Waals surface area (Å²) in [7, 11) is -0.984. The summed E-state index contributed by atoms with van der Waals surface area (Å²) in [6, 6.07) is 0. The van der Waals surface area contributed by atoms with E-state index in [0.717, 1.165) is 0 Å². The van der Waals surface area contributed by atoms with Gasteiger partial charge < -0.3 is 9.63 Å². The molecule has 0 radical (unpaired) electrons. The minimum absolute atomic E-state index is 0.171. The molecule has 1 unspecified atom stereocenters. The van der Waals surface area contributed by atoms with E-state index in [4.69, 9.17) is 0 Å². The van der Waals surface area contributed by atoms with Crippen molar-refractivity contribution < 1.29 is 14.2 Å². The van der Waals surface area contributed by atoms with E-state index in [9.17, 15) is 9.46 Å². The molecule has 0 aromatic carbocycles. The third-order valence-electron chi connectivity index (χ3n) is 0.235. The van der Waals surface area contributed by atoms with Crippen molar-refractivity contribution in [2.24, 2.45) is 0 Å². The molecule has 0 aromatic heterocycles. The fourth-order valence-electron chi connectivity index (χ4n) is 0.105. The Morgan fingerprint density at radius 1 is 2.00 bits per heavy atom. The molecule has 0 aliphatic carbocycles. The summed E-state index contributed by atoms with van der Waals surface area (Å²) in [5, 5.41) is 0. The molecule has 0 heterocycles. The van der Waals surface area contributed by atoms with E-state index in [1.807, 2.05) is 0 Å². The van der Waals surface area contributed by atoms with Gasteiger partial charge in [-0.3, -0.25) is 0 Å². The highest BCUT2D eigenvalue weighted by atomic mass is 31.1. The third-order valence-corrected chi connectivity index (χ3v) is 0.704. The van der Waals surface area contributed by atoms with E-state index in [1.54, 1.807) is 0 Å². The summed E-state index contributed by atoms with van der Waals surface area (Å²) in [5.74, 6) is 0. The van der Waals surface area contributed by atoms with Crippen molar-refractivity contribution >= 4 is 8.03 Å².